The van der Waals surface area contributed by atoms with Crippen molar-refractivity contribution in [2.45, 2.75) is 23.7 Å². The third-order valence-electron chi connectivity index (χ3n) is 2.15. The molecule has 3 nitrogen and oxygen atoms in total. The lowest BCUT2D eigenvalue weighted by atomic mass is 10.3. The summed E-state index contributed by atoms with van der Waals surface area (Å²) in [5, 5.41) is 4.29. The van der Waals surface area contributed by atoms with E-state index < -0.39 is 0 Å². The fraction of sp³-hybridized carbons (Fsp3) is 0.875. The van der Waals surface area contributed by atoms with Crippen LogP contribution >= 0.6 is 23.4 Å². The summed E-state index contributed by atoms with van der Waals surface area (Å²) in [5.41, 5.74) is 4.21. The van der Waals surface area contributed by atoms with Crippen LogP contribution in [0.2, 0.25) is 0 Å². The van der Waals surface area contributed by atoms with Gasteiger partial charge in [-0.1, -0.05) is 0 Å². The number of hydrazone groups is 1. The summed E-state index contributed by atoms with van der Waals surface area (Å²) in [5.74, 6) is 1.11. The molecule has 0 aromatic heterocycles. The number of thioether (sulfide) groups is 1. The van der Waals surface area contributed by atoms with Gasteiger partial charge < -0.3 is 10.2 Å². The average Bonchev–Trinajstić information content (AvgIpc) is 2.72. The maximum Gasteiger partial charge on any atom is 0.120 e. The molecule has 0 radical (unpaired) electrons. The van der Waals surface area contributed by atoms with Gasteiger partial charge in [0.05, 0.1) is 17.7 Å². The van der Waals surface area contributed by atoms with E-state index >= 15 is 0 Å². The Morgan fingerprint density at radius 3 is 3.23 bits per heavy atom. The SMILES string of the molecule is ClC1CCSC1OCC1=NNCC1. The molecule has 0 saturated carbocycles. The summed E-state index contributed by atoms with van der Waals surface area (Å²) in [6.07, 6.45) is 2.06. The Labute approximate surface area is 87.2 Å². The van der Waals surface area contributed by atoms with Crippen molar-refractivity contribution in [1.29, 1.82) is 0 Å². The minimum Gasteiger partial charge on any atom is -0.360 e. The largest absolute Gasteiger partial charge is 0.360 e. The van der Waals surface area contributed by atoms with Gasteiger partial charge in [-0.3, -0.25) is 0 Å². The lowest BCUT2D eigenvalue weighted by Crippen LogP contribution is -2.19. The monoisotopic (exact) mass is 220 g/mol. The molecule has 1 N–H and O–H groups in total. The van der Waals surface area contributed by atoms with Crippen molar-refractivity contribution >= 4 is 29.1 Å². The molecule has 0 aromatic rings. The first-order valence-electron chi connectivity index (χ1n) is 4.52. The highest BCUT2D eigenvalue weighted by Gasteiger charge is 2.27. The highest BCUT2D eigenvalue weighted by Crippen LogP contribution is 2.31. The van der Waals surface area contributed by atoms with Crippen LogP contribution in [-0.4, -0.2) is 35.4 Å². The zero-order chi connectivity index (χ0) is 9.10. The number of rotatable bonds is 3. The van der Waals surface area contributed by atoms with Gasteiger partial charge in [0.25, 0.3) is 0 Å². The number of nitrogens with one attached hydrogen (secondary N) is 1. The van der Waals surface area contributed by atoms with Gasteiger partial charge in [-0.2, -0.15) is 5.10 Å². The minimum absolute atomic E-state index is 0.171. The zero-order valence-corrected chi connectivity index (χ0v) is 8.90. The number of hydrogen-bond acceptors (Lipinski definition) is 4. The van der Waals surface area contributed by atoms with Crippen LogP contribution in [0.5, 0.6) is 0 Å². The van der Waals surface area contributed by atoms with E-state index in [9.17, 15) is 0 Å². The lowest BCUT2D eigenvalue weighted by Gasteiger charge is -2.13. The van der Waals surface area contributed by atoms with Crippen LogP contribution < -0.4 is 5.43 Å². The Kier molecular flexibility index (Phi) is 3.35. The molecule has 13 heavy (non-hydrogen) atoms. The number of nitrogens with zero attached hydrogens (tertiary/aromatic N) is 1. The van der Waals surface area contributed by atoms with Crippen LogP contribution in [0.15, 0.2) is 5.10 Å². The van der Waals surface area contributed by atoms with Crippen LogP contribution in [0, 0.1) is 0 Å². The van der Waals surface area contributed by atoms with Crippen molar-refractivity contribution in [1.82, 2.24) is 5.43 Å². The highest BCUT2D eigenvalue weighted by atomic mass is 35.5. The molecule has 74 valence electrons. The predicted octanol–water partition coefficient (Wildman–Crippen LogP) is 1.42. The molecule has 0 spiro atoms. The quantitative estimate of drug-likeness (QED) is 0.731. The summed E-state index contributed by atoms with van der Waals surface area (Å²) < 4.78 is 5.66. The van der Waals surface area contributed by atoms with Crippen LogP contribution in [-0.2, 0) is 4.74 Å². The van der Waals surface area contributed by atoms with Gasteiger partial charge in [0.2, 0.25) is 0 Å². The van der Waals surface area contributed by atoms with Gasteiger partial charge in [-0.25, -0.2) is 0 Å². The molecular weight excluding hydrogens is 208 g/mol. The van der Waals surface area contributed by atoms with Crippen molar-refractivity contribution in [3.05, 3.63) is 0 Å². The van der Waals surface area contributed by atoms with Gasteiger partial charge in [0.15, 0.2) is 0 Å². The van der Waals surface area contributed by atoms with Gasteiger partial charge in [-0.05, 0) is 12.2 Å². The van der Waals surface area contributed by atoms with Crippen LogP contribution in [0.25, 0.3) is 0 Å². The number of halogens is 1. The third kappa shape index (κ3) is 2.51. The Morgan fingerprint density at radius 1 is 1.69 bits per heavy atom. The van der Waals surface area contributed by atoms with E-state index in [-0.39, 0.29) is 10.8 Å². The number of hydrogen-bond donors (Lipinski definition) is 1. The summed E-state index contributed by atoms with van der Waals surface area (Å²) in [6.45, 7) is 1.58. The molecule has 0 aliphatic carbocycles. The zero-order valence-electron chi connectivity index (χ0n) is 7.33. The summed E-state index contributed by atoms with van der Waals surface area (Å²) in [4.78, 5) is 0. The molecular formula is C8H13ClN2OS. The second kappa shape index (κ2) is 4.53. The van der Waals surface area contributed by atoms with Gasteiger partial charge in [0, 0.05) is 13.0 Å². The Balaban J connectivity index is 1.72. The molecule has 1 saturated heterocycles. The van der Waals surface area contributed by atoms with Gasteiger partial charge in [-0.15, -0.1) is 23.4 Å². The highest BCUT2D eigenvalue weighted by molar-refractivity contribution is 8.00. The van der Waals surface area contributed by atoms with E-state index in [0.717, 1.165) is 30.9 Å². The molecule has 0 bridgehead atoms. The topological polar surface area (TPSA) is 33.6 Å². The average molecular weight is 221 g/mol. The van der Waals surface area contributed by atoms with Crippen LogP contribution in [0.4, 0.5) is 0 Å². The second-order valence-electron chi connectivity index (χ2n) is 3.19. The number of ether oxygens (including phenoxy) is 1. The Morgan fingerprint density at radius 2 is 2.62 bits per heavy atom. The molecule has 0 aromatic carbocycles. The van der Waals surface area contributed by atoms with Crippen molar-refractivity contribution in [3.8, 4) is 0 Å². The standard InChI is InChI=1S/C8H13ClN2OS/c9-7-2-4-13-8(7)12-5-6-1-3-10-11-6/h7-8,10H,1-5H2. The number of alkyl halides is 1. The van der Waals surface area contributed by atoms with E-state index in [2.05, 4.69) is 10.5 Å². The van der Waals surface area contributed by atoms with E-state index in [1.807, 2.05) is 0 Å². The lowest BCUT2D eigenvalue weighted by molar-refractivity contribution is 0.148. The first-order chi connectivity index (χ1) is 6.36. The molecule has 5 heteroatoms. The van der Waals surface area contributed by atoms with E-state index in [1.165, 1.54) is 0 Å². The summed E-state index contributed by atoms with van der Waals surface area (Å²) in [7, 11) is 0. The van der Waals surface area contributed by atoms with Crippen molar-refractivity contribution in [3.63, 3.8) is 0 Å². The second-order valence-corrected chi connectivity index (χ2v) is 4.96. The normalized spacial score (nSPS) is 33.2. The van der Waals surface area contributed by atoms with Crippen molar-refractivity contribution in [2.24, 2.45) is 5.10 Å². The molecule has 0 amide bonds. The molecule has 2 heterocycles. The Bertz CT molecular complexity index is 212. The third-order valence-corrected chi connectivity index (χ3v) is 4.01. The smallest absolute Gasteiger partial charge is 0.120 e. The molecule has 2 rings (SSSR count). The van der Waals surface area contributed by atoms with Gasteiger partial charge in [0.1, 0.15) is 5.44 Å². The maximum absolute atomic E-state index is 6.06. The fourth-order valence-corrected chi connectivity index (χ4v) is 3.06. The van der Waals surface area contributed by atoms with E-state index in [1.54, 1.807) is 11.8 Å². The summed E-state index contributed by atoms with van der Waals surface area (Å²) >= 11 is 7.87. The fourth-order valence-electron chi connectivity index (χ4n) is 1.40. The minimum atomic E-state index is 0.171. The first-order valence-corrected chi connectivity index (χ1v) is 6.00. The molecule has 2 aliphatic heterocycles. The molecule has 2 aliphatic rings. The maximum atomic E-state index is 6.06. The predicted molar refractivity (Wildman–Crippen MR) is 56.5 cm³/mol. The van der Waals surface area contributed by atoms with Crippen LogP contribution in [0.1, 0.15) is 12.8 Å². The molecule has 2 atom stereocenters. The molecule has 1 fully saturated rings. The van der Waals surface area contributed by atoms with Crippen molar-refractivity contribution < 1.29 is 4.74 Å². The summed E-state index contributed by atoms with van der Waals surface area (Å²) in [6, 6.07) is 0. The Hall–Kier alpha value is 0.0700. The molecule has 2 unspecified atom stereocenters. The van der Waals surface area contributed by atoms with E-state index in [4.69, 9.17) is 16.3 Å². The first kappa shape index (κ1) is 9.62. The van der Waals surface area contributed by atoms with Crippen molar-refractivity contribution in [2.75, 3.05) is 18.9 Å². The van der Waals surface area contributed by atoms with Gasteiger partial charge >= 0.3 is 0 Å². The van der Waals surface area contributed by atoms with E-state index in [0.29, 0.717) is 6.61 Å². The van der Waals surface area contributed by atoms with Crippen LogP contribution in [0.3, 0.4) is 0 Å².